The average Bonchev–Trinajstić information content (AvgIpc) is 2.65. The van der Waals surface area contributed by atoms with Crippen molar-refractivity contribution in [2.45, 2.75) is 20.3 Å². The Hall–Kier alpha value is -1.52. The molecule has 0 aliphatic carbocycles. The highest BCUT2D eigenvalue weighted by Crippen LogP contribution is 2.25. The number of anilines is 1. The maximum Gasteiger partial charge on any atom is 0.229 e. The molecule has 0 aliphatic rings. The van der Waals surface area contributed by atoms with Crippen LogP contribution in [0.15, 0.2) is 22.7 Å². The van der Waals surface area contributed by atoms with Crippen molar-refractivity contribution in [1.82, 2.24) is 5.16 Å². The molecule has 100 valence electrons. The highest BCUT2D eigenvalue weighted by molar-refractivity contribution is 6.36. The highest BCUT2D eigenvalue weighted by atomic mass is 35.5. The van der Waals surface area contributed by atoms with Crippen LogP contribution in [0.5, 0.6) is 0 Å². The van der Waals surface area contributed by atoms with Gasteiger partial charge in [-0.2, -0.15) is 0 Å². The van der Waals surface area contributed by atoms with Crippen molar-refractivity contribution in [2.24, 2.45) is 0 Å². The summed E-state index contributed by atoms with van der Waals surface area (Å²) in [5.41, 5.74) is 2.04. The van der Waals surface area contributed by atoms with Crippen LogP contribution in [0.3, 0.4) is 0 Å². The lowest BCUT2D eigenvalue weighted by Crippen LogP contribution is -2.15. The van der Waals surface area contributed by atoms with Crippen molar-refractivity contribution in [3.05, 3.63) is 45.3 Å². The van der Waals surface area contributed by atoms with Crippen molar-refractivity contribution in [3.63, 3.8) is 0 Å². The van der Waals surface area contributed by atoms with Gasteiger partial charge in [-0.05, 0) is 32.0 Å². The number of hydrogen-bond acceptors (Lipinski definition) is 3. The smallest absolute Gasteiger partial charge is 0.229 e. The van der Waals surface area contributed by atoms with Crippen LogP contribution in [-0.2, 0) is 11.2 Å². The van der Waals surface area contributed by atoms with E-state index in [1.807, 2.05) is 0 Å². The first-order valence-corrected chi connectivity index (χ1v) is 6.39. The van der Waals surface area contributed by atoms with Crippen molar-refractivity contribution in [3.8, 4) is 0 Å². The summed E-state index contributed by atoms with van der Waals surface area (Å²) in [6.45, 7) is 3.58. The van der Waals surface area contributed by atoms with Gasteiger partial charge < -0.3 is 9.84 Å². The normalized spacial score (nSPS) is 10.5. The standard InChI is InChI=1S/C13H12Cl2N2O2/c1-7-10(8(2)19-17-7)6-13(18)16-12-4-3-9(14)5-11(12)15/h3-5H,6H2,1-2H3,(H,16,18). The topological polar surface area (TPSA) is 55.1 Å². The third-order valence-corrected chi connectivity index (χ3v) is 3.27. The molecule has 1 heterocycles. The van der Waals surface area contributed by atoms with Crippen molar-refractivity contribution in [2.75, 3.05) is 5.32 Å². The first kappa shape index (κ1) is 13.9. The van der Waals surface area contributed by atoms with Crippen LogP contribution in [-0.4, -0.2) is 11.1 Å². The van der Waals surface area contributed by atoms with Crippen LogP contribution >= 0.6 is 23.2 Å². The number of aryl methyl sites for hydroxylation is 2. The van der Waals surface area contributed by atoms with Crippen LogP contribution in [0.4, 0.5) is 5.69 Å². The number of nitrogens with zero attached hydrogens (tertiary/aromatic N) is 1. The lowest BCUT2D eigenvalue weighted by Gasteiger charge is -2.07. The number of nitrogens with one attached hydrogen (secondary N) is 1. The molecule has 6 heteroatoms. The molecule has 1 N–H and O–H groups in total. The Morgan fingerprint density at radius 1 is 1.37 bits per heavy atom. The Morgan fingerprint density at radius 2 is 2.11 bits per heavy atom. The van der Waals surface area contributed by atoms with Gasteiger partial charge in [0.2, 0.25) is 5.91 Å². The van der Waals surface area contributed by atoms with Gasteiger partial charge in [0.25, 0.3) is 0 Å². The predicted octanol–water partition coefficient (Wildman–Crippen LogP) is 3.78. The Balaban J connectivity index is 2.10. The molecule has 0 saturated carbocycles. The zero-order valence-electron chi connectivity index (χ0n) is 10.5. The van der Waals surface area contributed by atoms with E-state index in [0.29, 0.717) is 21.5 Å². The van der Waals surface area contributed by atoms with E-state index in [1.165, 1.54) is 0 Å². The minimum Gasteiger partial charge on any atom is -0.361 e. The fourth-order valence-corrected chi connectivity index (χ4v) is 2.16. The number of halogens is 2. The Morgan fingerprint density at radius 3 is 2.68 bits per heavy atom. The van der Waals surface area contributed by atoms with Gasteiger partial charge in [0.1, 0.15) is 5.76 Å². The zero-order valence-corrected chi connectivity index (χ0v) is 12.0. The van der Waals surface area contributed by atoms with E-state index in [-0.39, 0.29) is 12.3 Å². The summed E-state index contributed by atoms with van der Waals surface area (Å²) in [6.07, 6.45) is 0.195. The Kier molecular flexibility index (Phi) is 4.12. The molecule has 0 fully saturated rings. The van der Waals surface area contributed by atoms with E-state index in [0.717, 1.165) is 11.3 Å². The second-order valence-corrected chi connectivity index (χ2v) is 5.00. The molecule has 1 amide bonds. The van der Waals surface area contributed by atoms with Gasteiger partial charge in [0.05, 0.1) is 22.8 Å². The molecule has 1 aromatic carbocycles. The molecule has 0 bridgehead atoms. The van der Waals surface area contributed by atoms with E-state index in [1.54, 1.807) is 32.0 Å². The van der Waals surface area contributed by atoms with Crippen molar-refractivity contribution >= 4 is 34.8 Å². The molecule has 0 radical (unpaired) electrons. The van der Waals surface area contributed by atoms with Gasteiger partial charge in [0.15, 0.2) is 0 Å². The minimum atomic E-state index is -0.182. The summed E-state index contributed by atoms with van der Waals surface area (Å²) in [7, 11) is 0. The third-order valence-electron chi connectivity index (χ3n) is 2.72. The number of aromatic nitrogens is 1. The van der Waals surface area contributed by atoms with E-state index in [2.05, 4.69) is 10.5 Å². The lowest BCUT2D eigenvalue weighted by molar-refractivity contribution is -0.115. The summed E-state index contributed by atoms with van der Waals surface area (Å²) in [5, 5.41) is 7.46. The number of benzene rings is 1. The molecule has 0 aliphatic heterocycles. The molecule has 0 unspecified atom stereocenters. The van der Waals surface area contributed by atoms with Crippen molar-refractivity contribution in [1.29, 1.82) is 0 Å². The maximum atomic E-state index is 11.9. The van der Waals surface area contributed by atoms with Gasteiger partial charge >= 0.3 is 0 Å². The van der Waals surface area contributed by atoms with Gasteiger partial charge in [-0.1, -0.05) is 28.4 Å². The van der Waals surface area contributed by atoms with Gasteiger partial charge in [-0.15, -0.1) is 0 Å². The molecule has 1 aromatic heterocycles. The second kappa shape index (κ2) is 5.63. The first-order chi connectivity index (χ1) is 8.97. The monoisotopic (exact) mass is 298 g/mol. The van der Waals surface area contributed by atoms with Crippen LogP contribution in [0.2, 0.25) is 10.0 Å². The zero-order chi connectivity index (χ0) is 14.0. The Bertz CT molecular complexity index is 604. The van der Waals surface area contributed by atoms with Crippen LogP contribution in [0, 0.1) is 13.8 Å². The molecule has 2 aromatic rings. The number of carbonyl (C=O) groups excluding carboxylic acids is 1. The molecular weight excluding hydrogens is 287 g/mol. The van der Waals surface area contributed by atoms with Gasteiger partial charge in [0, 0.05) is 10.6 Å². The third kappa shape index (κ3) is 3.28. The second-order valence-electron chi connectivity index (χ2n) is 4.15. The number of amides is 1. The molecule has 4 nitrogen and oxygen atoms in total. The fraction of sp³-hybridized carbons (Fsp3) is 0.231. The number of carbonyl (C=O) groups is 1. The van der Waals surface area contributed by atoms with E-state index in [9.17, 15) is 4.79 Å². The minimum absolute atomic E-state index is 0.182. The van der Waals surface area contributed by atoms with Crippen LogP contribution < -0.4 is 5.32 Å². The van der Waals surface area contributed by atoms with Crippen LogP contribution in [0.25, 0.3) is 0 Å². The number of rotatable bonds is 3. The van der Waals surface area contributed by atoms with E-state index < -0.39 is 0 Å². The molecular formula is C13H12Cl2N2O2. The molecule has 2 rings (SSSR count). The van der Waals surface area contributed by atoms with Gasteiger partial charge in [-0.25, -0.2) is 0 Å². The average molecular weight is 299 g/mol. The van der Waals surface area contributed by atoms with E-state index >= 15 is 0 Å². The molecule has 0 spiro atoms. The Labute approximate surface area is 120 Å². The summed E-state index contributed by atoms with van der Waals surface area (Å²) >= 11 is 11.8. The summed E-state index contributed by atoms with van der Waals surface area (Å²) in [6, 6.07) is 4.91. The number of hydrogen-bond donors (Lipinski definition) is 1. The van der Waals surface area contributed by atoms with Gasteiger partial charge in [-0.3, -0.25) is 4.79 Å². The first-order valence-electron chi connectivity index (χ1n) is 5.64. The summed E-state index contributed by atoms with van der Waals surface area (Å²) in [4.78, 5) is 11.9. The largest absolute Gasteiger partial charge is 0.361 e. The predicted molar refractivity (Wildman–Crippen MR) is 74.8 cm³/mol. The lowest BCUT2D eigenvalue weighted by atomic mass is 10.1. The molecule has 0 saturated heterocycles. The molecule has 0 atom stereocenters. The maximum absolute atomic E-state index is 11.9. The summed E-state index contributed by atoms with van der Waals surface area (Å²) < 4.78 is 5.01. The highest BCUT2D eigenvalue weighted by Gasteiger charge is 2.14. The van der Waals surface area contributed by atoms with Crippen molar-refractivity contribution < 1.29 is 9.32 Å². The SMILES string of the molecule is Cc1noc(C)c1CC(=O)Nc1ccc(Cl)cc1Cl. The molecule has 19 heavy (non-hydrogen) atoms. The fourth-order valence-electron chi connectivity index (χ4n) is 1.70. The quantitative estimate of drug-likeness (QED) is 0.938. The summed E-state index contributed by atoms with van der Waals surface area (Å²) in [5.74, 6) is 0.466. The van der Waals surface area contributed by atoms with Crippen LogP contribution in [0.1, 0.15) is 17.0 Å². The van der Waals surface area contributed by atoms with E-state index in [4.69, 9.17) is 27.7 Å².